The standard InChI is InChI=1S/C28H24N2O5/c1-20-16-25(10-11-26(20)30(32)33)35-19-23-17-21(9-13-28(23)34-2)8-12-27(31)22-6-5-7-24(18-22)29-14-3-4-15-29/h3-18H,19H2,1-2H3/b12-8+. The number of aromatic nitrogens is 1. The van der Waals surface area contributed by atoms with Gasteiger partial charge in [-0.15, -0.1) is 0 Å². The van der Waals surface area contributed by atoms with E-state index in [1.54, 1.807) is 44.4 Å². The van der Waals surface area contributed by atoms with Gasteiger partial charge >= 0.3 is 0 Å². The number of hydrogen-bond acceptors (Lipinski definition) is 5. The predicted molar refractivity (Wildman–Crippen MR) is 134 cm³/mol. The van der Waals surface area contributed by atoms with Crippen LogP contribution in [-0.4, -0.2) is 22.4 Å². The van der Waals surface area contributed by atoms with E-state index in [0.717, 1.165) is 16.8 Å². The van der Waals surface area contributed by atoms with Gasteiger partial charge in [0.25, 0.3) is 5.69 Å². The van der Waals surface area contributed by atoms with Crippen molar-refractivity contribution in [3.05, 3.63) is 124 Å². The topological polar surface area (TPSA) is 83.6 Å². The molecule has 4 aromatic rings. The molecule has 35 heavy (non-hydrogen) atoms. The summed E-state index contributed by atoms with van der Waals surface area (Å²) in [6.07, 6.45) is 7.15. The van der Waals surface area contributed by atoms with E-state index in [-0.39, 0.29) is 18.1 Å². The molecule has 0 radical (unpaired) electrons. The van der Waals surface area contributed by atoms with Crippen molar-refractivity contribution in [2.45, 2.75) is 13.5 Å². The van der Waals surface area contributed by atoms with Crippen LogP contribution in [0.3, 0.4) is 0 Å². The number of benzene rings is 3. The third-order valence-electron chi connectivity index (χ3n) is 5.52. The maximum Gasteiger partial charge on any atom is 0.272 e. The lowest BCUT2D eigenvalue weighted by atomic mass is 10.1. The highest BCUT2D eigenvalue weighted by molar-refractivity contribution is 6.07. The average molecular weight is 469 g/mol. The van der Waals surface area contributed by atoms with E-state index in [4.69, 9.17) is 9.47 Å². The molecule has 0 aliphatic rings. The van der Waals surface area contributed by atoms with Crippen LogP contribution in [0, 0.1) is 17.0 Å². The number of nitro benzene ring substituents is 1. The lowest BCUT2D eigenvalue weighted by Gasteiger charge is -2.12. The van der Waals surface area contributed by atoms with Crippen molar-refractivity contribution in [3.63, 3.8) is 0 Å². The monoisotopic (exact) mass is 468 g/mol. The molecule has 0 N–H and O–H groups in total. The van der Waals surface area contributed by atoms with Crippen molar-refractivity contribution >= 4 is 17.5 Å². The first-order valence-electron chi connectivity index (χ1n) is 10.9. The minimum absolute atomic E-state index is 0.0469. The van der Waals surface area contributed by atoms with Gasteiger partial charge in [-0.05, 0) is 67.1 Å². The predicted octanol–water partition coefficient (Wildman–Crippen LogP) is 6.18. The molecule has 0 spiro atoms. The molecule has 176 valence electrons. The summed E-state index contributed by atoms with van der Waals surface area (Å²) in [6, 6.07) is 21.5. The number of allylic oxidation sites excluding steroid dienone is 1. The molecule has 7 nitrogen and oxygen atoms in total. The normalized spacial score (nSPS) is 10.9. The van der Waals surface area contributed by atoms with E-state index in [1.807, 2.05) is 65.5 Å². The van der Waals surface area contributed by atoms with Gasteiger partial charge in [0.2, 0.25) is 0 Å². The molecule has 0 aliphatic carbocycles. The van der Waals surface area contributed by atoms with Crippen LogP contribution in [0.15, 0.2) is 91.3 Å². The molecule has 0 amide bonds. The number of carbonyl (C=O) groups excluding carboxylic acids is 1. The van der Waals surface area contributed by atoms with Gasteiger partial charge < -0.3 is 14.0 Å². The minimum atomic E-state index is -0.421. The zero-order valence-corrected chi connectivity index (χ0v) is 19.4. The number of carbonyl (C=O) groups is 1. The van der Waals surface area contributed by atoms with Crippen LogP contribution in [0.1, 0.15) is 27.0 Å². The highest BCUT2D eigenvalue weighted by atomic mass is 16.6. The van der Waals surface area contributed by atoms with Crippen molar-refractivity contribution in [3.8, 4) is 17.2 Å². The molecule has 1 heterocycles. The Balaban J connectivity index is 1.48. The van der Waals surface area contributed by atoms with Gasteiger partial charge in [-0.3, -0.25) is 14.9 Å². The lowest BCUT2D eigenvalue weighted by Crippen LogP contribution is -2.00. The van der Waals surface area contributed by atoms with Crippen LogP contribution < -0.4 is 9.47 Å². The fourth-order valence-electron chi connectivity index (χ4n) is 3.69. The first-order chi connectivity index (χ1) is 16.9. The van der Waals surface area contributed by atoms with Gasteiger partial charge in [0.1, 0.15) is 18.1 Å². The summed E-state index contributed by atoms with van der Waals surface area (Å²) in [6.45, 7) is 1.87. The van der Waals surface area contributed by atoms with Gasteiger partial charge in [-0.25, -0.2) is 0 Å². The van der Waals surface area contributed by atoms with E-state index in [1.165, 1.54) is 6.07 Å². The van der Waals surface area contributed by atoms with E-state index in [2.05, 4.69) is 0 Å². The fourth-order valence-corrected chi connectivity index (χ4v) is 3.69. The Morgan fingerprint density at radius 3 is 2.54 bits per heavy atom. The Labute approximate surface area is 203 Å². The van der Waals surface area contributed by atoms with Crippen molar-refractivity contribution in [2.75, 3.05) is 7.11 Å². The molecule has 4 rings (SSSR count). The summed E-state index contributed by atoms with van der Waals surface area (Å²) in [5, 5.41) is 11.0. The summed E-state index contributed by atoms with van der Waals surface area (Å²) < 4.78 is 13.2. The summed E-state index contributed by atoms with van der Waals surface area (Å²) >= 11 is 0. The highest BCUT2D eigenvalue weighted by Crippen LogP contribution is 2.26. The zero-order chi connectivity index (χ0) is 24.8. The highest BCUT2D eigenvalue weighted by Gasteiger charge is 2.12. The summed E-state index contributed by atoms with van der Waals surface area (Å²) in [5.41, 5.74) is 3.69. The Morgan fingerprint density at radius 2 is 1.83 bits per heavy atom. The van der Waals surface area contributed by atoms with Crippen molar-refractivity contribution in [1.82, 2.24) is 4.57 Å². The Kier molecular flexibility index (Phi) is 7.07. The van der Waals surface area contributed by atoms with Crippen LogP contribution in [0.25, 0.3) is 11.8 Å². The molecule has 3 aromatic carbocycles. The minimum Gasteiger partial charge on any atom is -0.496 e. The van der Waals surface area contributed by atoms with Crippen LogP contribution in [0.4, 0.5) is 5.69 Å². The third-order valence-corrected chi connectivity index (χ3v) is 5.52. The number of ketones is 1. The van der Waals surface area contributed by atoms with Crippen LogP contribution in [0.5, 0.6) is 11.5 Å². The molecule has 0 aliphatic heterocycles. The number of nitro groups is 1. The number of nitrogens with zero attached hydrogens (tertiary/aromatic N) is 2. The summed E-state index contributed by atoms with van der Waals surface area (Å²) in [4.78, 5) is 23.4. The maximum atomic E-state index is 12.8. The second-order valence-corrected chi connectivity index (χ2v) is 7.90. The third kappa shape index (κ3) is 5.65. The van der Waals surface area contributed by atoms with E-state index in [0.29, 0.717) is 22.6 Å². The molecule has 0 saturated carbocycles. The first kappa shape index (κ1) is 23.5. The number of ether oxygens (including phenoxy) is 2. The van der Waals surface area contributed by atoms with Crippen molar-refractivity contribution in [1.29, 1.82) is 0 Å². The average Bonchev–Trinajstić information content (AvgIpc) is 3.41. The Hall–Kier alpha value is -4.65. The molecular formula is C28H24N2O5. The summed E-state index contributed by atoms with van der Waals surface area (Å²) in [5.74, 6) is 1.06. The fraction of sp³-hybridized carbons (Fsp3) is 0.107. The number of methoxy groups -OCH3 is 1. The van der Waals surface area contributed by atoms with Gasteiger partial charge in [0, 0.05) is 40.8 Å². The molecule has 0 bridgehead atoms. The van der Waals surface area contributed by atoms with Crippen molar-refractivity contribution < 1.29 is 19.2 Å². The zero-order valence-electron chi connectivity index (χ0n) is 19.4. The second kappa shape index (κ2) is 10.5. The van der Waals surface area contributed by atoms with E-state index in [9.17, 15) is 14.9 Å². The second-order valence-electron chi connectivity index (χ2n) is 7.90. The molecule has 0 unspecified atom stereocenters. The number of rotatable bonds is 9. The quantitative estimate of drug-likeness (QED) is 0.127. The van der Waals surface area contributed by atoms with Crippen LogP contribution >= 0.6 is 0 Å². The number of aryl methyl sites for hydroxylation is 1. The largest absolute Gasteiger partial charge is 0.496 e. The molecule has 0 atom stereocenters. The lowest BCUT2D eigenvalue weighted by molar-refractivity contribution is -0.385. The molecule has 0 saturated heterocycles. The van der Waals surface area contributed by atoms with E-state index >= 15 is 0 Å². The van der Waals surface area contributed by atoms with Crippen LogP contribution in [0.2, 0.25) is 0 Å². The maximum absolute atomic E-state index is 12.8. The molecule has 1 aromatic heterocycles. The summed E-state index contributed by atoms with van der Waals surface area (Å²) in [7, 11) is 1.58. The van der Waals surface area contributed by atoms with Crippen LogP contribution in [-0.2, 0) is 6.61 Å². The van der Waals surface area contributed by atoms with Gasteiger partial charge in [-0.1, -0.05) is 24.3 Å². The molecule has 7 heteroatoms. The Morgan fingerprint density at radius 1 is 1.03 bits per heavy atom. The Bertz CT molecular complexity index is 1390. The van der Waals surface area contributed by atoms with Gasteiger partial charge in [0.15, 0.2) is 5.78 Å². The first-order valence-corrected chi connectivity index (χ1v) is 10.9. The van der Waals surface area contributed by atoms with Gasteiger partial charge in [0.05, 0.1) is 12.0 Å². The molecule has 0 fully saturated rings. The van der Waals surface area contributed by atoms with Gasteiger partial charge in [-0.2, -0.15) is 0 Å². The van der Waals surface area contributed by atoms with E-state index < -0.39 is 4.92 Å². The van der Waals surface area contributed by atoms with Crippen molar-refractivity contribution in [2.24, 2.45) is 0 Å². The SMILES string of the molecule is COc1ccc(/C=C/C(=O)c2cccc(-n3cccc3)c2)cc1COc1ccc([N+](=O)[O-])c(C)c1. The molecular weight excluding hydrogens is 444 g/mol. The smallest absolute Gasteiger partial charge is 0.272 e. The number of hydrogen-bond donors (Lipinski definition) is 0.